The van der Waals surface area contributed by atoms with Crippen molar-refractivity contribution in [2.24, 2.45) is 10.2 Å². The molecule has 2 aromatic heterocycles. The highest BCUT2D eigenvalue weighted by molar-refractivity contribution is 7.80. The maximum atomic E-state index is 5.00. The van der Waals surface area contributed by atoms with Gasteiger partial charge in [-0.15, -0.1) is 0 Å². The lowest BCUT2D eigenvalue weighted by atomic mass is 10.3. The summed E-state index contributed by atoms with van der Waals surface area (Å²) in [6, 6.07) is 7.43. The molecule has 0 atom stereocenters. The molecule has 2 N–H and O–H groups in total. The molecule has 0 fully saturated rings. The molecule has 0 unspecified atom stereocenters. The first-order chi connectivity index (χ1) is 9.84. The molecule has 100 valence electrons. The fourth-order valence-electron chi connectivity index (χ4n) is 1.26. The zero-order valence-corrected chi connectivity index (χ0v) is 11.3. The predicted molar refractivity (Wildman–Crippen MR) is 82.5 cm³/mol. The van der Waals surface area contributed by atoms with Crippen LogP contribution < -0.4 is 10.9 Å². The molecule has 0 amide bonds. The van der Waals surface area contributed by atoms with E-state index in [0.717, 1.165) is 11.1 Å². The molecule has 0 spiro atoms. The van der Waals surface area contributed by atoms with Crippen LogP contribution in [-0.2, 0) is 0 Å². The van der Waals surface area contributed by atoms with Gasteiger partial charge in [0.05, 0.1) is 12.4 Å². The van der Waals surface area contributed by atoms with Gasteiger partial charge in [0.15, 0.2) is 0 Å². The monoisotopic (exact) mass is 284 g/mol. The number of aromatic nitrogens is 2. The van der Waals surface area contributed by atoms with Crippen LogP contribution in [0.3, 0.4) is 0 Å². The summed E-state index contributed by atoms with van der Waals surface area (Å²) in [4.78, 5) is 7.94. The minimum Gasteiger partial charge on any atom is -0.264 e. The first-order valence-corrected chi connectivity index (χ1v) is 6.17. The Hall–Kier alpha value is -2.67. The lowest BCUT2D eigenvalue weighted by molar-refractivity contribution is 0.934. The summed E-state index contributed by atoms with van der Waals surface area (Å²) in [5.41, 5.74) is 7.05. The van der Waals surface area contributed by atoms with Crippen molar-refractivity contribution in [3.8, 4) is 0 Å². The van der Waals surface area contributed by atoms with Crippen molar-refractivity contribution in [3.63, 3.8) is 0 Å². The fourth-order valence-corrected chi connectivity index (χ4v) is 1.37. The lowest BCUT2D eigenvalue weighted by Gasteiger charge is -2.00. The van der Waals surface area contributed by atoms with Crippen molar-refractivity contribution in [1.29, 1.82) is 0 Å². The number of rotatable bonds is 4. The fraction of sp³-hybridized carbons (Fsp3) is 0. The van der Waals surface area contributed by atoms with Gasteiger partial charge >= 0.3 is 0 Å². The Kier molecular flexibility index (Phi) is 5.29. The number of hydrazone groups is 2. The molecule has 0 aliphatic rings. The average Bonchev–Trinajstić information content (AvgIpc) is 2.49. The predicted octanol–water partition coefficient (Wildman–Crippen LogP) is 1.31. The van der Waals surface area contributed by atoms with E-state index in [1.54, 1.807) is 37.2 Å². The second-order valence-corrected chi connectivity index (χ2v) is 4.05. The van der Waals surface area contributed by atoms with Crippen molar-refractivity contribution in [3.05, 3.63) is 60.2 Å². The summed E-state index contributed by atoms with van der Waals surface area (Å²) < 4.78 is 0. The molecular weight excluding hydrogens is 272 g/mol. The number of hydrogen-bond acceptors (Lipinski definition) is 5. The van der Waals surface area contributed by atoms with Crippen molar-refractivity contribution in [2.45, 2.75) is 0 Å². The Morgan fingerprint density at radius 1 is 0.950 bits per heavy atom. The lowest BCUT2D eigenvalue weighted by Crippen LogP contribution is -2.28. The summed E-state index contributed by atoms with van der Waals surface area (Å²) in [6.45, 7) is 0. The zero-order valence-electron chi connectivity index (χ0n) is 10.5. The minimum absolute atomic E-state index is 0.297. The Labute approximate surface area is 121 Å². The zero-order chi connectivity index (χ0) is 14.0. The van der Waals surface area contributed by atoms with Crippen LogP contribution in [0.2, 0.25) is 0 Å². The van der Waals surface area contributed by atoms with Gasteiger partial charge in [0.25, 0.3) is 0 Å². The van der Waals surface area contributed by atoms with Crippen LogP contribution in [0.15, 0.2) is 59.3 Å². The third-order valence-electron chi connectivity index (χ3n) is 2.13. The van der Waals surface area contributed by atoms with Crippen molar-refractivity contribution in [1.82, 2.24) is 20.8 Å². The highest BCUT2D eigenvalue weighted by atomic mass is 32.1. The van der Waals surface area contributed by atoms with E-state index in [4.69, 9.17) is 12.2 Å². The number of hydrogen-bond donors (Lipinski definition) is 2. The molecule has 0 aliphatic heterocycles. The van der Waals surface area contributed by atoms with Crippen molar-refractivity contribution >= 4 is 29.8 Å². The third-order valence-corrected chi connectivity index (χ3v) is 2.31. The van der Waals surface area contributed by atoms with Gasteiger partial charge in [-0.3, -0.25) is 20.8 Å². The molecule has 0 aliphatic carbocycles. The maximum absolute atomic E-state index is 5.00. The maximum Gasteiger partial charge on any atom is 0.207 e. The van der Waals surface area contributed by atoms with Gasteiger partial charge in [0, 0.05) is 35.9 Å². The molecule has 0 radical (unpaired) electrons. The van der Waals surface area contributed by atoms with Crippen molar-refractivity contribution in [2.75, 3.05) is 0 Å². The number of nitrogens with one attached hydrogen (secondary N) is 2. The molecule has 6 nitrogen and oxygen atoms in total. The molecule has 0 bridgehead atoms. The van der Waals surface area contributed by atoms with E-state index in [2.05, 4.69) is 31.0 Å². The van der Waals surface area contributed by atoms with Gasteiger partial charge < -0.3 is 0 Å². The normalized spacial score (nSPS) is 10.8. The van der Waals surface area contributed by atoms with E-state index in [9.17, 15) is 0 Å². The molecule has 2 aromatic rings. The van der Waals surface area contributed by atoms with E-state index in [1.165, 1.54) is 0 Å². The van der Waals surface area contributed by atoms with Crippen LogP contribution in [0, 0.1) is 0 Å². The Morgan fingerprint density at radius 2 is 1.45 bits per heavy atom. The quantitative estimate of drug-likeness (QED) is 0.503. The van der Waals surface area contributed by atoms with Crippen LogP contribution in [0.1, 0.15) is 11.1 Å². The second kappa shape index (κ2) is 7.70. The first-order valence-electron chi connectivity index (χ1n) is 5.77. The Bertz CT molecular complexity index is 543. The molecule has 20 heavy (non-hydrogen) atoms. The van der Waals surface area contributed by atoms with Gasteiger partial charge in [-0.05, 0) is 24.4 Å². The Balaban J connectivity index is 1.76. The second-order valence-electron chi connectivity index (χ2n) is 3.64. The van der Waals surface area contributed by atoms with Crippen LogP contribution in [-0.4, -0.2) is 27.5 Å². The Morgan fingerprint density at radius 3 is 1.85 bits per heavy atom. The van der Waals surface area contributed by atoms with E-state index >= 15 is 0 Å². The van der Waals surface area contributed by atoms with Gasteiger partial charge in [0.2, 0.25) is 5.11 Å². The molecule has 0 saturated heterocycles. The van der Waals surface area contributed by atoms with Crippen LogP contribution >= 0.6 is 12.2 Å². The van der Waals surface area contributed by atoms with Gasteiger partial charge in [0.1, 0.15) is 0 Å². The number of pyridine rings is 2. The van der Waals surface area contributed by atoms with Gasteiger partial charge in [-0.1, -0.05) is 12.1 Å². The van der Waals surface area contributed by atoms with Crippen LogP contribution in [0.25, 0.3) is 0 Å². The highest BCUT2D eigenvalue weighted by Gasteiger charge is 1.90. The first kappa shape index (κ1) is 13.8. The average molecular weight is 284 g/mol. The SMILES string of the molecule is S=C(N/N=C\c1cccnc1)N/N=C/c1cccnc1. The van der Waals surface area contributed by atoms with Crippen LogP contribution in [0.4, 0.5) is 0 Å². The summed E-state index contributed by atoms with van der Waals surface area (Å²) in [7, 11) is 0. The summed E-state index contributed by atoms with van der Waals surface area (Å²) in [6.07, 6.45) is 10.0. The van der Waals surface area contributed by atoms with Crippen molar-refractivity contribution < 1.29 is 0 Å². The topological polar surface area (TPSA) is 74.6 Å². The molecule has 0 saturated carbocycles. The molecule has 0 aromatic carbocycles. The largest absolute Gasteiger partial charge is 0.264 e. The molecule has 7 heteroatoms. The van der Waals surface area contributed by atoms with Gasteiger partial charge in [-0.2, -0.15) is 10.2 Å². The van der Waals surface area contributed by atoms with Gasteiger partial charge in [-0.25, -0.2) is 0 Å². The standard InChI is InChI=1S/C13H12N6S/c20-13(18-16-9-11-3-1-5-14-7-11)19-17-10-12-4-2-6-15-8-12/h1-10H,(H2,18,19,20)/b16-9-,17-10+. The molecule has 2 heterocycles. The summed E-state index contributed by atoms with van der Waals surface area (Å²) in [5, 5.41) is 8.22. The van der Waals surface area contributed by atoms with E-state index in [1.807, 2.05) is 24.3 Å². The van der Waals surface area contributed by atoms with E-state index < -0.39 is 0 Å². The third kappa shape index (κ3) is 4.91. The minimum atomic E-state index is 0.297. The van der Waals surface area contributed by atoms with E-state index in [0.29, 0.717) is 5.11 Å². The number of thiocarbonyl (C=S) groups is 1. The summed E-state index contributed by atoms with van der Waals surface area (Å²) in [5.74, 6) is 0. The smallest absolute Gasteiger partial charge is 0.207 e. The molecular formula is C13H12N6S. The van der Waals surface area contributed by atoms with Crippen LogP contribution in [0.5, 0.6) is 0 Å². The summed E-state index contributed by atoms with van der Waals surface area (Å²) >= 11 is 5.00. The van der Waals surface area contributed by atoms with E-state index in [-0.39, 0.29) is 0 Å². The highest BCUT2D eigenvalue weighted by Crippen LogP contribution is 1.90. The molecule has 2 rings (SSSR count). The number of nitrogens with zero attached hydrogens (tertiary/aromatic N) is 4.